The molecule has 2 aromatic rings. The van der Waals surface area contributed by atoms with Gasteiger partial charge in [0.25, 0.3) is 0 Å². The van der Waals surface area contributed by atoms with Crippen molar-refractivity contribution in [3.05, 3.63) is 65.2 Å². The van der Waals surface area contributed by atoms with E-state index in [1.165, 1.54) is 12.1 Å². The average Bonchev–Trinajstić information content (AvgIpc) is 2.46. The molecule has 3 nitrogen and oxygen atoms in total. The van der Waals surface area contributed by atoms with Gasteiger partial charge in [0.1, 0.15) is 0 Å². The second-order valence-electron chi connectivity index (χ2n) is 4.19. The summed E-state index contributed by atoms with van der Waals surface area (Å²) in [6.07, 6.45) is 0. The number of hydrogen-bond donors (Lipinski definition) is 1. The van der Waals surface area contributed by atoms with Crippen molar-refractivity contribution in [2.75, 3.05) is 6.54 Å². The number of rotatable bonds is 5. The zero-order valence-corrected chi connectivity index (χ0v) is 13.6. The molecule has 1 unspecified atom stereocenters. The quantitative estimate of drug-likeness (QED) is 0.810. The van der Waals surface area contributed by atoms with E-state index >= 15 is 0 Å². The van der Waals surface area contributed by atoms with Crippen LogP contribution in [-0.2, 0) is 10.0 Å². The first-order valence-electron chi connectivity index (χ1n) is 5.93. The highest BCUT2D eigenvalue weighted by Crippen LogP contribution is 2.22. The highest BCUT2D eigenvalue weighted by atomic mass is 79.9. The molecule has 106 valence electrons. The lowest BCUT2D eigenvalue weighted by Gasteiger charge is -2.12. The van der Waals surface area contributed by atoms with E-state index in [9.17, 15) is 8.42 Å². The van der Waals surface area contributed by atoms with E-state index in [0.29, 0.717) is 5.02 Å². The Morgan fingerprint density at radius 2 is 1.80 bits per heavy atom. The van der Waals surface area contributed by atoms with E-state index in [1.807, 2.05) is 30.3 Å². The van der Waals surface area contributed by atoms with Gasteiger partial charge in [0.2, 0.25) is 10.0 Å². The molecule has 0 bridgehead atoms. The van der Waals surface area contributed by atoms with Crippen molar-refractivity contribution in [2.45, 2.75) is 9.72 Å². The lowest BCUT2D eigenvalue weighted by molar-refractivity contribution is 0.581. The maximum atomic E-state index is 12.1. The maximum Gasteiger partial charge on any atom is 0.240 e. The van der Waals surface area contributed by atoms with E-state index in [2.05, 4.69) is 20.7 Å². The number of hydrogen-bond acceptors (Lipinski definition) is 2. The minimum absolute atomic E-state index is 0.0855. The van der Waals surface area contributed by atoms with Gasteiger partial charge >= 0.3 is 0 Å². The van der Waals surface area contributed by atoms with Gasteiger partial charge in [-0.1, -0.05) is 63.9 Å². The van der Waals surface area contributed by atoms with Crippen LogP contribution in [0.25, 0.3) is 0 Å². The topological polar surface area (TPSA) is 46.2 Å². The summed E-state index contributed by atoms with van der Waals surface area (Å²) in [4.78, 5) is 0.0791. The monoisotopic (exact) mass is 373 g/mol. The van der Waals surface area contributed by atoms with Crippen LogP contribution in [0, 0.1) is 0 Å². The van der Waals surface area contributed by atoms with Crippen molar-refractivity contribution in [1.82, 2.24) is 4.72 Å². The zero-order chi connectivity index (χ0) is 14.6. The first-order valence-corrected chi connectivity index (χ1v) is 8.71. The summed E-state index contributed by atoms with van der Waals surface area (Å²) in [6, 6.07) is 15.8. The molecule has 0 heterocycles. The fourth-order valence-corrected chi connectivity index (χ4v) is 3.71. The molecule has 0 saturated heterocycles. The fourth-order valence-electron chi connectivity index (χ4n) is 1.68. The molecule has 1 N–H and O–H groups in total. The summed E-state index contributed by atoms with van der Waals surface area (Å²) in [7, 11) is -3.55. The average molecular weight is 375 g/mol. The summed E-state index contributed by atoms with van der Waals surface area (Å²) < 4.78 is 26.8. The predicted octanol–water partition coefficient (Wildman–Crippen LogP) is 3.75. The molecular formula is C14H13BrClNO2S. The summed E-state index contributed by atoms with van der Waals surface area (Å²) >= 11 is 9.28. The Morgan fingerprint density at radius 1 is 1.10 bits per heavy atom. The van der Waals surface area contributed by atoms with E-state index in [0.717, 1.165) is 5.56 Å². The van der Waals surface area contributed by atoms with E-state index in [4.69, 9.17) is 11.6 Å². The SMILES string of the molecule is O=S(=O)(NCC(Br)c1ccccc1)c1cccc(Cl)c1. The van der Waals surface area contributed by atoms with Gasteiger partial charge in [-0.3, -0.25) is 0 Å². The van der Waals surface area contributed by atoms with Crippen molar-refractivity contribution in [2.24, 2.45) is 0 Å². The maximum absolute atomic E-state index is 12.1. The molecule has 2 rings (SSSR count). The van der Waals surface area contributed by atoms with Crippen molar-refractivity contribution in [1.29, 1.82) is 0 Å². The Hall–Kier alpha value is -0.880. The number of benzene rings is 2. The Bertz CT molecular complexity index is 677. The molecule has 20 heavy (non-hydrogen) atoms. The highest BCUT2D eigenvalue weighted by Gasteiger charge is 2.16. The standard InChI is InChI=1S/C14H13BrClNO2S/c15-14(11-5-2-1-3-6-11)10-17-20(18,19)13-8-4-7-12(16)9-13/h1-9,14,17H,10H2. The molecule has 0 aliphatic heterocycles. The molecule has 0 aliphatic carbocycles. The minimum atomic E-state index is -3.55. The van der Waals surface area contributed by atoms with Gasteiger partial charge < -0.3 is 0 Å². The Morgan fingerprint density at radius 3 is 2.45 bits per heavy atom. The molecule has 6 heteroatoms. The van der Waals surface area contributed by atoms with Gasteiger partial charge in [0.05, 0.1) is 9.72 Å². The molecule has 0 amide bonds. The first-order chi connectivity index (χ1) is 9.49. The summed E-state index contributed by atoms with van der Waals surface area (Å²) in [6.45, 7) is 0.263. The van der Waals surface area contributed by atoms with Gasteiger partial charge in [0, 0.05) is 11.6 Å². The van der Waals surface area contributed by atoms with Crippen LogP contribution in [0.15, 0.2) is 59.5 Å². The van der Waals surface area contributed by atoms with Crippen LogP contribution < -0.4 is 4.72 Å². The number of alkyl halides is 1. The molecular weight excluding hydrogens is 362 g/mol. The lowest BCUT2D eigenvalue weighted by atomic mass is 10.2. The number of halogens is 2. The summed E-state index contributed by atoms with van der Waals surface area (Å²) in [5, 5.41) is 0.395. The van der Waals surface area contributed by atoms with E-state index in [-0.39, 0.29) is 16.3 Å². The molecule has 0 radical (unpaired) electrons. The Balaban J connectivity index is 2.07. The van der Waals surface area contributed by atoms with Crippen molar-refractivity contribution in [3.8, 4) is 0 Å². The third-order valence-corrected chi connectivity index (χ3v) is 5.23. The third-order valence-electron chi connectivity index (χ3n) is 2.72. The van der Waals surface area contributed by atoms with Gasteiger partial charge in [-0.2, -0.15) is 0 Å². The second kappa shape index (κ2) is 6.72. The molecule has 0 aromatic heterocycles. The normalized spacial score (nSPS) is 13.1. The zero-order valence-electron chi connectivity index (χ0n) is 10.5. The van der Waals surface area contributed by atoms with Crippen LogP contribution in [0.5, 0.6) is 0 Å². The van der Waals surface area contributed by atoms with Crippen molar-refractivity contribution >= 4 is 37.6 Å². The predicted molar refractivity (Wildman–Crippen MR) is 84.8 cm³/mol. The van der Waals surface area contributed by atoms with Crippen LogP contribution in [0.3, 0.4) is 0 Å². The van der Waals surface area contributed by atoms with Gasteiger partial charge in [-0.05, 0) is 23.8 Å². The van der Waals surface area contributed by atoms with Crippen molar-refractivity contribution in [3.63, 3.8) is 0 Å². The molecule has 0 aliphatic rings. The summed E-state index contributed by atoms with van der Waals surface area (Å²) in [5.74, 6) is 0. The molecule has 1 atom stereocenters. The summed E-state index contributed by atoms with van der Waals surface area (Å²) in [5.41, 5.74) is 1.02. The van der Waals surface area contributed by atoms with Crippen LogP contribution >= 0.6 is 27.5 Å². The molecule has 2 aromatic carbocycles. The Kier molecular flexibility index (Phi) is 5.21. The van der Waals surface area contributed by atoms with Crippen LogP contribution in [0.4, 0.5) is 0 Å². The van der Waals surface area contributed by atoms with Crippen molar-refractivity contribution < 1.29 is 8.42 Å². The van der Waals surface area contributed by atoms with E-state index < -0.39 is 10.0 Å². The third kappa shape index (κ3) is 4.06. The second-order valence-corrected chi connectivity index (χ2v) is 7.50. The molecule has 0 spiro atoms. The van der Waals surface area contributed by atoms with Crippen LogP contribution in [-0.4, -0.2) is 15.0 Å². The molecule has 0 saturated carbocycles. The van der Waals surface area contributed by atoms with Gasteiger partial charge in [0.15, 0.2) is 0 Å². The minimum Gasteiger partial charge on any atom is -0.210 e. The number of nitrogens with one attached hydrogen (secondary N) is 1. The number of sulfonamides is 1. The molecule has 0 fully saturated rings. The Labute approximate surface area is 132 Å². The highest BCUT2D eigenvalue weighted by molar-refractivity contribution is 9.09. The van der Waals surface area contributed by atoms with Crippen LogP contribution in [0.1, 0.15) is 10.4 Å². The van der Waals surface area contributed by atoms with Gasteiger partial charge in [-0.15, -0.1) is 0 Å². The largest absolute Gasteiger partial charge is 0.240 e. The van der Waals surface area contributed by atoms with Gasteiger partial charge in [-0.25, -0.2) is 13.1 Å². The van der Waals surface area contributed by atoms with E-state index in [1.54, 1.807) is 12.1 Å². The smallest absolute Gasteiger partial charge is 0.210 e. The first kappa shape index (κ1) is 15.5. The lowest BCUT2D eigenvalue weighted by Crippen LogP contribution is -2.27. The van der Waals surface area contributed by atoms with Crippen LogP contribution in [0.2, 0.25) is 5.02 Å². The fraction of sp³-hybridized carbons (Fsp3) is 0.143.